The first kappa shape index (κ1) is 16.4. The predicted octanol–water partition coefficient (Wildman–Crippen LogP) is 2.37. The zero-order valence-electron chi connectivity index (χ0n) is 11.3. The summed E-state index contributed by atoms with van der Waals surface area (Å²) in [6.07, 6.45) is 0.960. The van der Waals surface area contributed by atoms with Crippen molar-refractivity contribution in [3.8, 4) is 0 Å². The molecule has 0 heterocycles. The molecule has 1 amide bonds. The van der Waals surface area contributed by atoms with Gasteiger partial charge in [-0.25, -0.2) is 0 Å². The van der Waals surface area contributed by atoms with E-state index in [1.54, 1.807) is 23.5 Å². The van der Waals surface area contributed by atoms with E-state index in [1.807, 2.05) is 25.1 Å². The van der Waals surface area contributed by atoms with Crippen molar-refractivity contribution >= 4 is 29.4 Å². The predicted molar refractivity (Wildman–Crippen MR) is 85.8 cm³/mol. The molecule has 3 nitrogen and oxygen atoms in total. The summed E-state index contributed by atoms with van der Waals surface area (Å²) in [5.41, 5.74) is 5.65. The van der Waals surface area contributed by atoms with Gasteiger partial charge < -0.3 is 11.1 Å². The Morgan fingerprint density at radius 1 is 1.32 bits per heavy atom. The van der Waals surface area contributed by atoms with E-state index in [0.717, 1.165) is 17.9 Å². The number of carbonyl (C=O) groups is 1. The van der Waals surface area contributed by atoms with E-state index in [9.17, 15) is 4.79 Å². The minimum absolute atomic E-state index is 0.114. The second-order valence-electron chi connectivity index (χ2n) is 4.33. The summed E-state index contributed by atoms with van der Waals surface area (Å²) >= 11 is 3.40. The molecule has 1 rings (SSSR count). The van der Waals surface area contributed by atoms with Gasteiger partial charge in [-0.3, -0.25) is 4.79 Å². The van der Waals surface area contributed by atoms with Gasteiger partial charge in [-0.1, -0.05) is 18.2 Å². The van der Waals surface area contributed by atoms with Crippen molar-refractivity contribution in [1.29, 1.82) is 0 Å². The van der Waals surface area contributed by atoms with Crippen LogP contribution >= 0.6 is 23.5 Å². The molecule has 1 aromatic carbocycles. The van der Waals surface area contributed by atoms with Crippen LogP contribution in [-0.4, -0.2) is 35.8 Å². The standard InChI is InChI=1S/C14H22N2OS2/c1-12(15)7-9-18-11-14(17)16-8-10-19-13-5-3-2-4-6-13/h2-6,12H,7-11,15H2,1H3,(H,16,17). The molecule has 1 aromatic rings. The van der Waals surface area contributed by atoms with Gasteiger partial charge in [-0.2, -0.15) is 11.8 Å². The van der Waals surface area contributed by atoms with Crippen molar-refractivity contribution in [2.45, 2.75) is 24.3 Å². The third-order valence-electron chi connectivity index (χ3n) is 2.39. The molecule has 0 saturated carbocycles. The topological polar surface area (TPSA) is 55.1 Å². The lowest BCUT2D eigenvalue weighted by Crippen LogP contribution is -2.27. The van der Waals surface area contributed by atoms with E-state index < -0.39 is 0 Å². The second kappa shape index (κ2) is 10.2. The third-order valence-corrected chi connectivity index (χ3v) is 4.39. The van der Waals surface area contributed by atoms with E-state index in [0.29, 0.717) is 12.3 Å². The number of thioether (sulfide) groups is 2. The summed E-state index contributed by atoms with van der Waals surface area (Å²) in [4.78, 5) is 12.8. The molecule has 0 fully saturated rings. The highest BCUT2D eigenvalue weighted by Crippen LogP contribution is 2.15. The Kier molecular flexibility index (Phi) is 8.79. The third kappa shape index (κ3) is 8.97. The highest BCUT2D eigenvalue weighted by molar-refractivity contribution is 8.00. The van der Waals surface area contributed by atoms with E-state index in [1.165, 1.54) is 4.90 Å². The Hall–Kier alpha value is -0.650. The first-order valence-corrected chi connectivity index (χ1v) is 8.60. The van der Waals surface area contributed by atoms with Gasteiger partial charge in [-0.15, -0.1) is 11.8 Å². The van der Waals surface area contributed by atoms with E-state index in [2.05, 4.69) is 17.4 Å². The number of nitrogens with one attached hydrogen (secondary N) is 1. The summed E-state index contributed by atoms with van der Waals surface area (Å²) in [6.45, 7) is 2.70. The number of carbonyl (C=O) groups excluding carboxylic acids is 1. The molecule has 0 aliphatic heterocycles. The van der Waals surface area contributed by atoms with Crippen LogP contribution in [0.2, 0.25) is 0 Å². The van der Waals surface area contributed by atoms with E-state index in [-0.39, 0.29) is 11.9 Å². The van der Waals surface area contributed by atoms with Crippen LogP contribution in [0.25, 0.3) is 0 Å². The lowest BCUT2D eigenvalue weighted by Gasteiger charge is -2.06. The van der Waals surface area contributed by atoms with E-state index >= 15 is 0 Å². The molecule has 1 atom stereocenters. The molecular weight excluding hydrogens is 276 g/mol. The summed E-state index contributed by atoms with van der Waals surface area (Å²) in [5, 5.41) is 2.93. The lowest BCUT2D eigenvalue weighted by atomic mass is 10.3. The largest absolute Gasteiger partial charge is 0.355 e. The molecule has 0 aliphatic carbocycles. The monoisotopic (exact) mass is 298 g/mol. The fraction of sp³-hybridized carbons (Fsp3) is 0.500. The van der Waals surface area contributed by atoms with Gasteiger partial charge in [0.2, 0.25) is 5.91 Å². The molecule has 19 heavy (non-hydrogen) atoms. The Morgan fingerprint density at radius 3 is 2.74 bits per heavy atom. The molecule has 1 unspecified atom stereocenters. The molecular formula is C14H22N2OS2. The second-order valence-corrected chi connectivity index (χ2v) is 6.60. The van der Waals surface area contributed by atoms with Crippen LogP contribution in [0.3, 0.4) is 0 Å². The Morgan fingerprint density at radius 2 is 2.05 bits per heavy atom. The molecule has 106 valence electrons. The average Bonchev–Trinajstić information content (AvgIpc) is 2.41. The van der Waals surface area contributed by atoms with Gasteiger partial charge in [0.1, 0.15) is 0 Å². The van der Waals surface area contributed by atoms with Gasteiger partial charge in [0, 0.05) is 23.2 Å². The van der Waals surface area contributed by atoms with Crippen LogP contribution in [-0.2, 0) is 4.79 Å². The van der Waals surface area contributed by atoms with Gasteiger partial charge in [0.15, 0.2) is 0 Å². The van der Waals surface area contributed by atoms with Crippen molar-refractivity contribution in [2.75, 3.05) is 23.8 Å². The first-order chi connectivity index (χ1) is 9.18. The van der Waals surface area contributed by atoms with E-state index in [4.69, 9.17) is 5.73 Å². The molecule has 0 bridgehead atoms. The van der Waals surface area contributed by atoms with Crippen LogP contribution in [0.5, 0.6) is 0 Å². The minimum Gasteiger partial charge on any atom is -0.355 e. The van der Waals surface area contributed by atoms with Crippen LogP contribution in [0.4, 0.5) is 0 Å². The Bertz CT molecular complexity index is 358. The molecule has 0 aliphatic rings. The van der Waals surface area contributed by atoms with Gasteiger partial charge >= 0.3 is 0 Å². The number of hydrogen-bond donors (Lipinski definition) is 2. The maximum Gasteiger partial charge on any atom is 0.230 e. The van der Waals surface area contributed by atoms with Gasteiger partial charge in [0.25, 0.3) is 0 Å². The first-order valence-electron chi connectivity index (χ1n) is 6.46. The van der Waals surface area contributed by atoms with Crippen molar-refractivity contribution < 1.29 is 4.79 Å². The van der Waals surface area contributed by atoms with Crippen LogP contribution in [0.15, 0.2) is 35.2 Å². The summed E-state index contributed by atoms with van der Waals surface area (Å²) in [6, 6.07) is 10.4. The molecule has 5 heteroatoms. The highest BCUT2D eigenvalue weighted by Gasteiger charge is 2.02. The maximum atomic E-state index is 11.5. The maximum absolute atomic E-state index is 11.5. The lowest BCUT2D eigenvalue weighted by molar-refractivity contribution is -0.118. The normalized spacial score (nSPS) is 12.1. The number of hydrogen-bond acceptors (Lipinski definition) is 4. The Balaban J connectivity index is 1.98. The summed E-state index contributed by atoms with van der Waals surface area (Å²) in [7, 11) is 0. The molecule has 3 N–H and O–H groups in total. The molecule has 0 aromatic heterocycles. The Labute approximate surface area is 124 Å². The van der Waals surface area contributed by atoms with Crippen molar-refractivity contribution in [3.05, 3.63) is 30.3 Å². The molecule has 0 saturated heterocycles. The van der Waals surface area contributed by atoms with Crippen LogP contribution in [0, 0.1) is 0 Å². The smallest absolute Gasteiger partial charge is 0.230 e. The fourth-order valence-corrected chi connectivity index (χ4v) is 3.12. The number of nitrogens with two attached hydrogens (primary N) is 1. The number of rotatable bonds is 9. The summed E-state index contributed by atoms with van der Waals surface area (Å²) < 4.78 is 0. The van der Waals surface area contributed by atoms with Crippen molar-refractivity contribution in [3.63, 3.8) is 0 Å². The fourth-order valence-electron chi connectivity index (χ4n) is 1.36. The quantitative estimate of drug-likeness (QED) is 0.543. The SMILES string of the molecule is CC(N)CCSCC(=O)NCCSc1ccccc1. The molecule has 0 spiro atoms. The van der Waals surface area contributed by atoms with Crippen molar-refractivity contribution in [2.24, 2.45) is 5.73 Å². The molecule has 0 radical (unpaired) electrons. The van der Waals surface area contributed by atoms with Gasteiger partial charge in [-0.05, 0) is 31.2 Å². The zero-order chi connectivity index (χ0) is 13.9. The minimum atomic E-state index is 0.114. The van der Waals surface area contributed by atoms with Crippen LogP contribution in [0.1, 0.15) is 13.3 Å². The average molecular weight is 298 g/mol. The zero-order valence-corrected chi connectivity index (χ0v) is 12.9. The number of benzene rings is 1. The highest BCUT2D eigenvalue weighted by atomic mass is 32.2. The van der Waals surface area contributed by atoms with Gasteiger partial charge in [0.05, 0.1) is 5.75 Å². The van der Waals surface area contributed by atoms with Crippen molar-refractivity contribution in [1.82, 2.24) is 5.32 Å². The van der Waals surface area contributed by atoms with Crippen LogP contribution < -0.4 is 11.1 Å². The number of amides is 1. The summed E-state index contributed by atoms with van der Waals surface area (Å²) in [5.74, 6) is 2.50.